The zero-order valence-corrected chi connectivity index (χ0v) is 13.1. The summed E-state index contributed by atoms with van der Waals surface area (Å²) in [4.78, 5) is 13.8. The van der Waals surface area contributed by atoms with Crippen molar-refractivity contribution in [1.82, 2.24) is 5.32 Å². The fourth-order valence-corrected chi connectivity index (χ4v) is 3.14. The van der Waals surface area contributed by atoms with Crippen molar-refractivity contribution in [3.05, 3.63) is 22.4 Å². The maximum Gasteiger partial charge on any atom is 0.227 e. The van der Waals surface area contributed by atoms with Gasteiger partial charge in [0.15, 0.2) is 0 Å². The minimum absolute atomic E-state index is 0.104. The van der Waals surface area contributed by atoms with Crippen LogP contribution in [-0.4, -0.2) is 12.5 Å². The lowest BCUT2D eigenvalue weighted by molar-refractivity contribution is -0.131. The van der Waals surface area contributed by atoms with Crippen LogP contribution in [0.5, 0.6) is 0 Å². The number of amides is 1. The number of nitrogens with one attached hydrogen (secondary N) is 1. The van der Waals surface area contributed by atoms with E-state index in [-0.39, 0.29) is 11.9 Å². The van der Waals surface area contributed by atoms with Gasteiger partial charge in [-0.2, -0.15) is 0 Å². The molecule has 1 aromatic heterocycles. The van der Waals surface area contributed by atoms with E-state index in [9.17, 15) is 4.79 Å². The fraction of sp³-hybridized carbons (Fsp3) is 0.667. The molecule has 0 fully saturated rings. The molecule has 0 radical (unpaired) electrons. The first-order valence-corrected chi connectivity index (χ1v) is 8.05. The Kier molecular flexibility index (Phi) is 6.52. The Morgan fingerprint density at radius 1 is 1.42 bits per heavy atom. The highest BCUT2D eigenvalue weighted by molar-refractivity contribution is 7.10. The molecule has 0 aromatic carbocycles. The predicted octanol–water partition coefficient (Wildman–Crippen LogP) is 3.47. The molecular formula is C15H26N2OS. The summed E-state index contributed by atoms with van der Waals surface area (Å²) in [7, 11) is 0. The predicted molar refractivity (Wildman–Crippen MR) is 82.2 cm³/mol. The number of nitrogens with two attached hydrogens (primary N) is 1. The fourth-order valence-electron chi connectivity index (χ4n) is 2.33. The first kappa shape index (κ1) is 16.2. The number of carbonyl (C=O) groups excluding carboxylic acids is 1. The van der Waals surface area contributed by atoms with E-state index in [2.05, 4.69) is 23.7 Å². The van der Waals surface area contributed by atoms with Crippen molar-refractivity contribution in [2.75, 3.05) is 6.54 Å². The van der Waals surface area contributed by atoms with Crippen molar-refractivity contribution in [3.63, 3.8) is 0 Å². The van der Waals surface area contributed by atoms with Gasteiger partial charge in [-0.05, 0) is 30.7 Å². The molecule has 3 nitrogen and oxygen atoms in total. The first-order chi connectivity index (χ1) is 9.13. The molecule has 0 aliphatic heterocycles. The third-order valence-corrected chi connectivity index (χ3v) is 4.98. The molecule has 1 amide bonds. The zero-order chi connectivity index (χ0) is 14.3. The van der Waals surface area contributed by atoms with Gasteiger partial charge in [-0.1, -0.05) is 33.3 Å². The van der Waals surface area contributed by atoms with Gasteiger partial charge in [0, 0.05) is 11.4 Å². The summed E-state index contributed by atoms with van der Waals surface area (Å²) in [6, 6.07) is 4.25. The number of rotatable bonds is 8. The van der Waals surface area contributed by atoms with Gasteiger partial charge in [0.1, 0.15) is 0 Å². The maximum atomic E-state index is 12.6. The quantitative estimate of drug-likeness (QED) is 0.767. The summed E-state index contributed by atoms with van der Waals surface area (Å²) in [5.74, 6) is 0.104. The second-order valence-corrected chi connectivity index (χ2v) is 6.00. The van der Waals surface area contributed by atoms with Crippen molar-refractivity contribution >= 4 is 17.2 Å². The molecule has 0 aliphatic carbocycles. The highest BCUT2D eigenvalue weighted by Crippen LogP contribution is 2.29. The van der Waals surface area contributed by atoms with Gasteiger partial charge in [0.05, 0.1) is 11.5 Å². The summed E-state index contributed by atoms with van der Waals surface area (Å²) in [5, 5.41) is 5.26. The van der Waals surface area contributed by atoms with Crippen LogP contribution in [0.1, 0.15) is 57.4 Å². The molecule has 19 heavy (non-hydrogen) atoms. The minimum atomic E-state index is -0.413. The summed E-state index contributed by atoms with van der Waals surface area (Å²) in [5.41, 5.74) is 5.43. The number of carbonyl (C=O) groups is 1. The van der Waals surface area contributed by atoms with Gasteiger partial charge < -0.3 is 11.1 Å². The Bertz CT molecular complexity index is 363. The topological polar surface area (TPSA) is 55.1 Å². The van der Waals surface area contributed by atoms with E-state index < -0.39 is 5.41 Å². The molecule has 108 valence electrons. The molecule has 0 bridgehead atoms. The van der Waals surface area contributed by atoms with E-state index >= 15 is 0 Å². The lowest BCUT2D eigenvalue weighted by Gasteiger charge is -2.31. The first-order valence-electron chi connectivity index (χ1n) is 7.18. The molecule has 0 aliphatic rings. The third kappa shape index (κ3) is 3.80. The van der Waals surface area contributed by atoms with Crippen LogP contribution >= 0.6 is 11.3 Å². The van der Waals surface area contributed by atoms with Crippen LogP contribution in [0, 0.1) is 5.41 Å². The normalized spacial score (nSPS) is 13.3. The Morgan fingerprint density at radius 3 is 2.53 bits per heavy atom. The molecular weight excluding hydrogens is 256 g/mol. The van der Waals surface area contributed by atoms with Crippen LogP contribution in [0.3, 0.4) is 0 Å². The zero-order valence-electron chi connectivity index (χ0n) is 12.2. The SMILES string of the molecule is CCCC(NC(=O)C(CC)(CC)CN)c1cccs1. The Morgan fingerprint density at radius 2 is 2.11 bits per heavy atom. The molecule has 1 rings (SSSR count). The van der Waals surface area contributed by atoms with Gasteiger partial charge in [0.2, 0.25) is 5.91 Å². The van der Waals surface area contributed by atoms with Gasteiger partial charge in [0.25, 0.3) is 0 Å². The lowest BCUT2D eigenvalue weighted by Crippen LogP contribution is -2.46. The molecule has 3 N–H and O–H groups in total. The number of hydrogen-bond donors (Lipinski definition) is 2. The van der Waals surface area contributed by atoms with Gasteiger partial charge in [-0.25, -0.2) is 0 Å². The van der Waals surface area contributed by atoms with Crippen LogP contribution in [0.25, 0.3) is 0 Å². The van der Waals surface area contributed by atoms with Crippen molar-refractivity contribution < 1.29 is 4.79 Å². The minimum Gasteiger partial charge on any atom is -0.348 e. The standard InChI is InChI=1S/C15H26N2OS/c1-4-8-12(13-9-7-10-19-13)17-14(18)15(5-2,6-3)11-16/h7,9-10,12H,4-6,8,11,16H2,1-3H3,(H,17,18). The van der Waals surface area contributed by atoms with E-state index in [0.29, 0.717) is 6.54 Å². The molecule has 1 heterocycles. The monoisotopic (exact) mass is 282 g/mol. The van der Waals surface area contributed by atoms with Crippen LogP contribution in [0.2, 0.25) is 0 Å². The Balaban J connectivity index is 2.81. The summed E-state index contributed by atoms with van der Waals surface area (Å²) in [6.45, 7) is 6.63. The van der Waals surface area contributed by atoms with Crippen molar-refractivity contribution in [1.29, 1.82) is 0 Å². The molecule has 4 heteroatoms. The summed E-state index contributed by atoms with van der Waals surface area (Å²) in [6.07, 6.45) is 3.60. The Labute approximate surface area is 120 Å². The van der Waals surface area contributed by atoms with E-state index in [1.54, 1.807) is 11.3 Å². The van der Waals surface area contributed by atoms with E-state index in [4.69, 9.17) is 5.73 Å². The van der Waals surface area contributed by atoms with Crippen LogP contribution in [-0.2, 0) is 4.79 Å². The average molecular weight is 282 g/mol. The smallest absolute Gasteiger partial charge is 0.227 e. The molecule has 0 spiro atoms. The highest BCUT2D eigenvalue weighted by atomic mass is 32.1. The second kappa shape index (κ2) is 7.65. The summed E-state index contributed by atoms with van der Waals surface area (Å²) >= 11 is 1.70. The van der Waals surface area contributed by atoms with E-state index in [1.165, 1.54) is 4.88 Å². The van der Waals surface area contributed by atoms with Gasteiger partial charge in [-0.15, -0.1) is 11.3 Å². The van der Waals surface area contributed by atoms with Crippen LogP contribution in [0.15, 0.2) is 17.5 Å². The largest absolute Gasteiger partial charge is 0.348 e. The second-order valence-electron chi connectivity index (χ2n) is 5.02. The van der Waals surface area contributed by atoms with Crippen LogP contribution in [0.4, 0.5) is 0 Å². The van der Waals surface area contributed by atoms with E-state index in [1.807, 2.05) is 19.9 Å². The van der Waals surface area contributed by atoms with Gasteiger partial charge in [-0.3, -0.25) is 4.79 Å². The number of hydrogen-bond acceptors (Lipinski definition) is 3. The molecule has 1 atom stereocenters. The van der Waals surface area contributed by atoms with Gasteiger partial charge >= 0.3 is 0 Å². The molecule has 0 saturated heterocycles. The van der Waals surface area contributed by atoms with Crippen molar-refractivity contribution in [2.45, 2.75) is 52.5 Å². The van der Waals surface area contributed by atoms with Crippen LogP contribution < -0.4 is 11.1 Å². The Hall–Kier alpha value is -0.870. The highest BCUT2D eigenvalue weighted by Gasteiger charge is 2.34. The number of thiophene rings is 1. The average Bonchev–Trinajstić information content (AvgIpc) is 2.95. The van der Waals surface area contributed by atoms with Crippen molar-refractivity contribution in [2.24, 2.45) is 11.1 Å². The third-order valence-electron chi connectivity index (χ3n) is 4.00. The molecule has 1 aromatic rings. The lowest BCUT2D eigenvalue weighted by atomic mass is 9.81. The van der Waals surface area contributed by atoms with E-state index in [0.717, 1.165) is 25.7 Å². The maximum absolute atomic E-state index is 12.6. The summed E-state index contributed by atoms with van der Waals surface area (Å²) < 4.78 is 0. The molecule has 1 unspecified atom stereocenters. The molecule has 0 saturated carbocycles. The van der Waals surface area contributed by atoms with Crippen molar-refractivity contribution in [3.8, 4) is 0 Å².